The fourth-order valence-electron chi connectivity index (χ4n) is 2.06. The Morgan fingerprint density at radius 2 is 2.17 bits per heavy atom. The Morgan fingerprint density at radius 1 is 1.38 bits per heavy atom. The van der Waals surface area contributed by atoms with E-state index in [9.17, 15) is 9.18 Å². The molecular formula is C16H12ClFN3O2S. The maximum atomic E-state index is 14.6. The van der Waals surface area contributed by atoms with E-state index in [4.69, 9.17) is 27.8 Å². The molecule has 1 aromatic heterocycles. The van der Waals surface area contributed by atoms with Crippen molar-refractivity contribution in [1.82, 2.24) is 4.98 Å². The summed E-state index contributed by atoms with van der Waals surface area (Å²) in [6.07, 6.45) is 1.29. The van der Waals surface area contributed by atoms with E-state index in [1.165, 1.54) is 29.9 Å². The predicted molar refractivity (Wildman–Crippen MR) is 92.7 cm³/mol. The van der Waals surface area contributed by atoms with Gasteiger partial charge in [-0.2, -0.15) is 0 Å². The maximum absolute atomic E-state index is 14.6. The number of anilines is 1. The van der Waals surface area contributed by atoms with Crippen LogP contribution in [-0.2, 0) is 4.79 Å². The van der Waals surface area contributed by atoms with Gasteiger partial charge in [-0.25, -0.2) is 9.37 Å². The molecule has 0 aliphatic carbocycles. The van der Waals surface area contributed by atoms with Crippen molar-refractivity contribution in [2.24, 2.45) is 5.73 Å². The van der Waals surface area contributed by atoms with E-state index in [0.29, 0.717) is 11.2 Å². The normalized spacial score (nSPS) is 10.9. The number of amides is 1. The van der Waals surface area contributed by atoms with E-state index in [0.717, 1.165) is 4.70 Å². The summed E-state index contributed by atoms with van der Waals surface area (Å²) in [6.45, 7) is 0. The molecule has 3 aromatic rings. The van der Waals surface area contributed by atoms with Crippen molar-refractivity contribution in [3.05, 3.63) is 53.2 Å². The Labute approximate surface area is 146 Å². The van der Waals surface area contributed by atoms with Gasteiger partial charge in [0.05, 0.1) is 15.2 Å². The molecule has 0 aliphatic rings. The average Bonchev–Trinajstić information content (AvgIpc) is 2.92. The van der Waals surface area contributed by atoms with Gasteiger partial charge in [-0.1, -0.05) is 29.0 Å². The molecule has 0 unspecified atom stereocenters. The van der Waals surface area contributed by atoms with Crippen LogP contribution in [0.1, 0.15) is 12.0 Å². The second-order valence-electron chi connectivity index (χ2n) is 4.96. The molecule has 123 valence electrons. The molecule has 0 saturated heterocycles. The van der Waals surface area contributed by atoms with Gasteiger partial charge in [-0.05, 0) is 29.8 Å². The largest absolute Gasteiger partial charge is 0.426 e. The maximum Gasteiger partial charge on any atom is 0.279 e. The SMILES string of the molecule is NC(=O)C[CH]c1ccc(Cl)c(Oc2nc3cc(N)ccc3s2)c1F. The molecule has 4 N–H and O–H groups in total. The Morgan fingerprint density at radius 3 is 2.92 bits per heavy atom. The third-order valence-electron chi connectivity index (χ3n) is 3.18. The number of halogens is 2. The lowest BCUT2D eigenvalue weighted by Crippen LogP contribution is -2.10. The number of thiazole rings is 1. The first-order valence-electron chi connectivity index (χ1n) is 6.87. The lowest BCUT2D eigenvalue weighted by Gasteiger charge is -2.09. The number of nitrogens with zero attached hydrogens (tertiary/aromatic N) is 1. The molecule has 1 radical (unpaired) electrons. The number of nitrogen functional groups attached to an aromatic ring is 1. The van der Waals surface area contributed by atoms with Gasteiger partial charge in [0.25, 0.3) is 5.19 Å². The molecule has 24 heavy (non-hydrogen) atoms. The Balaban J connectivity index is 1.92. The highest BCUT2D eigenvalue weighted by Gasteiger charge is 2.17. The molecule has 0 aliphatic heterocycles. The minimum absolute atomic E-state index is 0.0849. The molecule has 1 heterocycles. The molecule has 1 amide bonds. The van der Waals surface area contributed by atoms with Gasteiger partial charge in [-0.15, -0.1) is 0 Å². The van der Waals surface area contributed by atoms with Crippen molar-refractivity contribution >= 4 is 44.7 Å². The van der Waals surface area contributed by atoms with Crippen LogP contribution < -0.4 is 16.2 Å². The van der Waals surface area contributed by atoms with Crippen LogP contribution in [0.4, 0.5) is 10.1 Å². The quantitative estimate of drug-likeness (QED) is 0.672. The Hall–Kier alpha value is -2.38. The highest BCUT2D eigenvalue weighted by atomic mass is 35.5. The third kappa shape index (κ3) is 3.42. The van der Waals surface area contributed by atoms with E-state index in [2.05, 4.69) is 4.98 Å². The summed E-state index contributed by atoms with van der Waals surface area (Å²) >= 11 is 7.27. The van der Waals surface area contributed by atoms with Gasteiger partial charge < -0.3 is 16.2 Å². The molecular weight excluding hydrogens is 353 g/mol. The Bertz CT molecular complexity index is 929. The molecule has 0 spiro atoms. The van der Waals surface area contributed by atoms with Gasteiger partial charge >= 0.3 is 0 Å². The van der Waals surface area contributed by atoms with Crippen molar-refractivity contribution in [3.63, 3.8) is 0 Å². The van der Waals surface area contributed by atoms with E-state index >= 15 is 0 Å². The zero-order chi connectivity index (χ0) is 17.3. The van der Waals surface area contributed by atoms with E-state index in [-0.39, 0.29) is 28.0 Å². The molecule has 5 nitrogen and oxygen atoms in total. The molecule has 2 aromatic carbocycles. The lowest BCUT2D eigenvalue weighted by molar-refractivity contribution is -0.117. The van der Waals surface area contributed by atoms with Crippen LogP contribution in [0.5, 0.6) is 10.9 Å². The number of nitrogens with two attached hydrogens (primary N) is 2. The molecule has 3 rings (SSSR count). The minimum Gasteiger partial charge on any atom is -0.426 e. The molecule has 0 fully saturated rings. The van der Waals surface area contributed by atoms with Crippen LogP contribution in [0.15, 0.2) is 30.3 Å². The average molecular weight is 365 g/mol. The van der Waals surface area contributed by atoms with Crippen LogP contribution in [-0.4, -0.2) is 10.9 Å². The second kappa shape index (κ2) is 6.62. The van der Waals surface area contributed by atoms with Gasteiger partial charge in [0.15, 0.2) is 11.6 Å². The summed E-state index contributed by atoms with van der Waals surface area (Å²) in [5.41, 5.74) is 12.2. The highest BCUT2D eigenvalue weighted by Crippen LogP contribution is 2.38. The zero-order valence-electron chi connectivity index (χ0n) is 12.3. The summed E-state index contributed by atoms with van der Waals surface area (Å²) < 4.78 is 20.9. The number of hydrogen-bond acceptors (Lipinski definition) is 5. The third-order valence-corrected chi connectivity index (χ3v) is 4.40. The molecule has 0 bridgehead atoms. The number of ether oxygens (including phenoxy) is 1. The topological polar surface area (TPSA) is 91.2 Å². The van der Waals surface area contributed by atoms with Crippen LogP contribution >= 0.6 is 22.9 Å². The first-order chi connectivity index (χ1) is 11.4. The molecule has 8 heteroatoms. The van der Waals surface area contributed by atoms with Crippen molar-refractivity contribution in [1.29, 1.82) is 0 Å². The standard InChI is InChI=1S/C16H12ClFN3O2S/c17-10-4-1-8(2-6-13(20)22)14(18)15(10)23-16-21-11-7-9(19)3-5-12(11)24-16/h1-5,7H,6,19H2,(H2,20,22). The number of fused-ring (bicyclic) bond motifs is 1. The number of aromatic nitrogens is 1. The van der Waals surface area contributed by atoms with E-state index < -0.39 is 11.7 Å². The number of benzene rings is 2. The van der Waals surface area contributed by atoms with Gasteiger partial charge in [-0.3, -0.25) is 4.79 Å². The second-order valence-corrected chi connectivity index (χ2v) is 6.36. The fourth-order valence-corrected chi connectivity index (χ4v) is 3.05. The monoisotopic (exact) mass is 364 g/mol. The molecule has 0 atom stereocenters. The van der Waals surface area contributed by atoms with Gasteiger partial charge in [0, 0.05) is 18.5 Å². The summed E-state index contributed by atoms with van der Waals surface area (Å²) in [5.74, 6) is -1.39. The van der Waals surface area contributed by atoms with Crippen molar-refractivity contribution in [2.45, 2.75) is 6.42 Å². The number of carbonyl (C=O) groups excluding carboxylic acids is 1. The molecule has 0 saturated carbocycles. The van der Waals surface area contributed by atoms with Crippen LogP contribution in [0.2, 0.25) is 5.02 Å². The minimum atomic E-state index is -0.678. The zero-order valence-corrected chi connectivity index (χ0v) is 13.8. The van der Waals surface area contributed by atoms with Crippen LogP contribution in [0, 0.1) is 12.2 Å². The smallest absolute Gasteiger partial charge is 0.279 e. The van der Waals surface area contributed by atoms with E-state index in [1.807, 2.05) is 6.07 Å². The summed E-state index contributed by atoms with van der Waals surface area (Å²) in [6, 6.07) is 8.19. The van der Waals surface area contributed by atoms with Crippen molar-refractivity contribution in [3.8, 4) is 10.9 Å². The van der Waals surface area contributed by atoms with Gasteiger partial charge in [0.2, 0.25) is 5.91 Å². The fraction of sp³-hybridized carbons (Fsp3) is 0.0625. The van der Waals surface area contributed by atoms with Crippen molar-refractivity contribution in [2.75, 3.05) is 5.73 Å². The summed E-state index contributed by atoms with van der Waals surface area (Å²) in [4.78, 5) is 15.1. The number of carbonyl (C=O) groups is 1. The van der Waals surface area contributed by atoms with E-state index in [1.54, 1.807) is 12.1 Å². The lowest BCUT2D eigenvalue weighted by atomic mass is 10.1. The van der Waals surface area contributed by atoms with Gasteiger partial charge in [0.1, 0.15) is 0 Å². The number of primary amides is 1. The van der Waals surface area contributed by atoms with Crippen LogP contribution in [0.3, 0.4) is 0 Å². The number of rotatable bonds is 5. The first-order valence-corrected chi connectivity index (χ1v) is 8.07. The predicted octanol–water partition coefficient (Wildman–Crippen LogP) is 3.89. The Kier molecular flexibility index (Phi) is 4.55. The van der Waals surface area contributed by atoms with Crippen molar-refractivity contribution < 1.29 is 13.9 Å². The highest BCUT2D eigenvalue weighted by molar-refractivity contribution is 7.20. The first kappa shape index (κ1) is 16.5. The number of hydrogen-bond donors (Lipinski definition) is 2. The summed E-state index contributed by atoms with van der Waals surface area (Å²) in [7, 11) is 0. The summed E-state index contributed by atoms with van der Waals surface area (Å²) in [5, 5.41) is 0.339. The van der Waals surface area contributed by atoms with Crippen LogP contribution in [0.25, 0.3) is 10.2 Å².